The van der Waals surface area contributed by atoms with Crippen LogP contribution >= 0.6 is 0 Å². The molecule has 2 aliphatic carbocycles. The molecule has 3 atom stereocenters. The number of benzene rings is 1. The highest BCUT2D eigenvalue weighted by Gasteiger charge is 2.53. The SMILES string of the molecule is COc1cccc([C@@H]2C=C(C)C3=COC[C@@H](C(C)(C)C)N4C(=O)[C@@H](CC(=O)NC5(C(=O)O)CC5)OC2=C34)c1OC. The molecule has 2 amide bonds. The zero-order valence-electron chi connectivity index (χ0n) is 23.7. The van der Waals surface area contributed by atoms with Crippen LogP contribution in [0.2, 0.25) is 0 Å². The molecule has 0 radical (unpaired) electrons. The molecule has 0 bridgehead atoms. The fraction of sp³-hybridized carbons (Fsp3) is 0.500. The summed E-state index contributed by atoms with van der Waals surface area (Å²) in [6.07, 6.45) is 2.94. The standard InChI is InChI=1S/C30H36N2O8/c1-16-12-18(17-8-7-9-20(37-5)25(17)38-6)26-24-19(16)14-39-15-22(29(2,3)4)32(24)27(34)21(40-26)13-23(33)31-30(10-11-30)28(35)36/h7-9,12,14,18,21-22H,10-11,13,15H2,1-6H3,(H,31,33)(H,35,36)/t18-,21+,22-/m0/s1. The molecule has 10 heteroatoms. The van der Waals surface area contributed by atoms with E-state index in [1.165, 1.54) is 0 Å². The molecule has 0 aromatic heterocycles. The van der Waals surface area contributed by atoms with E-state index in [0.29, 0.717) is 35.8 Å². The van der Waals surface area contributed by atoms with Gasteiger partial charge < -0.3 is 29.4 Å². The Morgan fingerprint density at radius 1 is 1.20 bits per heavy atom. The topological polar surface area (TPSA) is 124 Å². The normalized spacial score (nSPS) is 24.9. The third-order valence-electron chi connectivity index (χ3n) is 8.08. The lowest BCUT2D eigenvalue weighted by molar-refractivity contribution is -0.152. The molecule has 0 unspecified atom stereocenters. The highest BCUT2D eigenvalue weighted by Crippen LogP contribution is 2.50. The number of rotatable bonds is 7. The Balaban J connectivity index is 1.62. The molecular weight excluding hydrogens is 516 g/mol. The molecule has 1 aromatic rings. The number of carbonyl (C=O) groups is 3. The van der Waals surface area contributed by atoms with E-state index in [1.54, 1.807) is 31.4 Å². The molecule has 0 saturated heterocycles. The van der Waals surface area contributed by atoms with E-state index in [0.717, 1.165) is 16.7 Å². The molecule has 2 N–H and O–H groups in total. The molecule has 1 aromatic carbocycles. The van der Waals surface area contributed by atoms with Gasteiger partial charge in [-0.15, -0.1) is 0 Å². The number of aliphatic carboxylic acids is 1. The van der Waals surface area contributed by atoms with E-state index in [2.05, 4.69) is 5.32 Å². The van der Waals surface area contributed by atoms with Crippen LogP contribution in [0.3, 0.4) is 0 Å². The number of hydrogen-bond acceptors (Lipinski definition) is 7. The molecule has 5 rings (SSSR count). The first kappa shape index (κ1) is 27.6. The predicted molar refractivity (Wildman–Crippen MR) is 144 cm³/mol. The first-order valence-electron chi connectivity index (χ1n) is 13.4. The summed E-state index contributed by atoms with van der Waals surface area (Å²) in [5, 5.41) is 12.1. The second kappa shape index (κ2) is 9.91. The average Bonchev–Trinajstić information content (AvgIpc) is 3.70. The molecule has 40 heavy (non-hydrogen) atoms. The van der Waals surface area contributed by atoms with Crippen molar-refractivity contribution in [3.05, 3.63) is 58.7 Å². The summed E-state index contributed by atoms with van der Waals surface area (Å²) in [5.74, 6) is -0.850. The van der Waals surface area contributed by atoms with Crippen LogP contribution in [0.1, 0.15) is 58.4 Å². The van der Waals surface area contributed by atoms with E-state index in [-0.39, 0.29) is 30.4 Å². The molecule has 1 fully saturated rings. The molecule has 10 nitrogen and oxygen atoms in total. The molecule has 0 spiro atoms. The Bertz CT molecular complexity index is 1350. The summed E-state index contributed by atoms with van der Waals surface area (Å²) in [4.78, 5) is 40.6. The van der Waals surface area contributed by atoms with Crippen molar-refractivity contribution in [1.29, 1.82) is 0 Å². The second-order valence-corrected chi connectivity index (χ2v) is 11.8. The van der Waals surface area contributed by atoms with E-state index in [9.17, 15) is 19.5 Å². The summed E-state index contributed by atoms with van der Waals surface area (Å²) in [7, 11) is 3.14. The van der Waals surface area contributed by atoms with Crippen molar-refractivity contribution in [2.75, 3.05) is 20.8 Å². The minimum atomic E-state index is -1.26. The number of allylic oxidation sites excluding steroid dienone is 2. The minimum Gasteiger partial charge on any atom is -0.498 e. The van der Waals surface area contributed by atoms with Gasteiger partial charge in [0.15, 0.2) is 17.6 Å². The smallest absolute Gasteiger partial charge is 0.329 e. The Labute approximate surface area is 233 Å². The first-order chi connectivity index (χ1) is 18.9. The predicted octanol–water partition coefficient (Wildman–Crippen LogP) is 3.64. The number of ether oxygens (including phenoxy) is 4. The number of carbonyl (C=O) groups excluding carboxylic acids is 2. The lowest BCUT2D eigenvalue weighted by Gasteiger charge is -2.46. The van der Waals surface area contributed by atoms with Crippen molar-refractivity contribution in [1.82, 2.24) is 10.2 Å². The number of hydrogen-bond donors (Lipinski definition) is 2. The zero-order chi connectivity index (χ0) is 29.0. The van der Waals surface area contributed by atoms with Gasteiger partial charge in [-0.1, -0.05) is 39.0 Å². The summed E-state index contributed by atoms with van der Waals surface area (Å²) in [5.41, 5.74) is 1.39. The van der Waals surface area contributed by atoms with Gasteiger partial charge in [-0.05, 0) is 36.8 Å². The number of nitrogens with one attached hydrogen (secondary N) is 1. The van der Waals surface area contributed by atoms with Crippen LogP contribution in [-0.2, 0) is 23.9 Å². The van der Waals surface area contributed by atoms with Crippen molar-refractivity contribution in [3.8, 4) is 11.5 Å². The van der Waals surface area contributed by atoms with Gasteiger partial charge >= 0.3 is 5.97 Å². The third-order valence-corrected chi connectivity index (χ3v) is 8.08. The molecule has 214 valence electrons. The number of para-hydroxylation sites is 1. The summed E-state index contributed by atoms with van der Waals surface area (Å²) < 4.78 is 23.8. The second-order valence-electron chi connectivity index (χ2n) is 11.8. The van der Waals surface area contributed by atoms with E-state index >= 15 is 0 Å². The van der Waals surface area contributed by atoms with Gasteiger partial charge in [0, 0.05) is 11.1 Å². The van der Waals surface area contributed by atoms with Crippen LogP contribution in [0.25, 0.3) is 0 Å². The largest absolute Gasteiger partial charge is 0.498 e. The maximum Gasteiger partial charge on any atom is 0.329 e. The number of carboxylic acids is 1. The first-order valence-corrected chi connectivity index (χ1v) is 13.4. The van der Waals surface area contributed by atoms with Crippen molar-refractivity contribution in [2.24, 2.45) is 5.41 Å². The minimum absolute atomic E-state index is 0.261. The number of nitrogens with zero attached hydrogens (tertiary/aromatic N) is 1. The van der Waals surface area contributed by atoms with Gasteiger partial charge in [-0.2, -0.15) is 0 Å². The van der Waals surface area contributed by atoms with Crippen LogP contribution in [0.5, 0.6) is 11.5 Å². The monoisotopic (exact) mass is 552 g/mol. The molecule has 2 heterocycles. The highest BCUT2D eigenvalue weighted by molar-refractivity contribution is 5.94. The van der Waals surface area contributed by atoms with E-state index in [1.807, 2.05) is 45.9 Å². The molecule has 2 aliphatic heterocycles. The number of amides is 2. The van der Waals surface area contributed by atoms with Gasteiger partial charge in [0.2, 0.25) is 5.91 Å². The van der Waals surface area contributed by atoms with Crippen molar-refractivity contribution in [3.63, 3.8) is 0 Å². The van der Waals surface area contributed by atoms with Crippen LogP contribution in [0, 0.1) is 5.41 Å². The fourth-order valence-corrected chi connectivity index (χ4v) is 5.64. The van der Waals surface area contributed by atoms with Gasteiger partial charge in [-0.25, -0.2) is 4.79 Å². The zero-order valence-corrected chi connectivity index (χ0v) is 23.7. The van der Waals surface area contributed by atoms with Gasteiger partial charge in [0.1, 0.15) is 17.9 Å². The fourth-order valence-electron chi connectivity index (χ4n) is 5.64. The van der Waals surface area contributed by atoms with E-state index < -0.39 is 29.4 Å². The van der Waals surface area contributed by atoms with Crippen LogP contribution < -0.4 is 14.8 Å². The lowest BCUT2D eigenvalue weighted by Crippen LogP contribution is -2.56. The third kappa shape index (κ3) is 4.59. The Kier molecular flexibility index (Phi) is 6.84. The van der Waals surface area contributed by atoms with E-state index in [4.69, 9.17) is 18.9 Å². The number of methoxy groups -OCH3 is 2. The summed E-state index contributed by atoms with van der Waals surface area (Å²) in [6.45, 7) is 8.33. The molecule has 1 saturated carbocycles. The lowest BCUT2D eigenvalue weighted by atomic mass is 9.80. The Morgan fingerprint density at radius 2 is 1.93 bits per heavy atom. The van der Waals surface area contributed by atoms with Crippen molar-refractivity contribution in [2.45, 2.75) is 70.6 Å². The Morgan fingerprint density at radius 3 is 2.52 bits per heavy atom. The maximum atomic E-state index is 14.1. The summed E-state index contributed by atoms with van der Waals surface area (Å²) in [6, 6.07) is 5.23. The molecule has 4 aliphatic rings. The maximum absolute atomic E-state index is 14.1. The van der Waals surface area contributed by atoms with Crippen LogP contribution in [-0.4, -0.2) is 66.3 Å². The quantitative estimate of drug-likeness (QED) is 0.526. The van der Waals surface area contributed by atoms with Gasteiger partial charge in [0.05, 0.1) is 44.6 Å². The van der Waals surface area contributed by atoms with Gasteiger partial charge in [0.25, 0.3) is 5.91 Å². The van der Waals surface area contributed by atoms with Crippen LogP contribution in [0.4, 0.5) is 0 Å². The van der Waals surface area contributed by atoms with Gasteiger partial charge in [-0.3, -0.25) is 14.5 Å². The average molecular weight is 553 g/mol. The van der Waals surface area contributed by atoms with Crippen molar-refractivity contribution >= 4 is 17.8 Å². The summed E-state index contributed by atoms with van der Waals surface area (Å²) >= 11 is 0. The van der Waals surface area contributed by atoms with Crippen molar-refractivity contribution < 1.29 is 38.4 Å². The Hall–Kier alpha value is -3.95. The number of carboxylic acid groups (broad SMARTS) is 1. The highest BCUT2D eigenvalue weighted by atomic mass is 16.5. The van der Waals surface area contributed by atoms with Crippen LogP contribution in [0.15, 0.2) is 53.1 Å². The molecular formula is C30H36N2O8.